The molecule has 2 rings (SSSR count). The number of sulfonamides is 1. The minimum atomic E-state index is -3.80. The molecule has 0 unspecified atom stereocenters. The maximum Gasteiger partial charge on any atom is 0.262 e. The van der Waals surface area contributed by atoms with Crippen LogP contribution in [0.15, 0.2) is 39.8 Å². The summed E-state index contributed by atoms with van der Waals surface area (Å²) in [5.41, 5.74) is 12.0. The van der Waals surface area contributed by atoms with Crippen molar-refractivity contribution in [2.75, 3.05) is 16.6 Å². The Morgan fingerprint density at radius 3 is 2.71 bits per heavy atom. The number of aromatic nitrogens is 1. The first-order valence-electron chi connectivity index (χ1n) is 6.34. The molecule has 24 heavy (non-hydrogen) atoms. The highest BCUT2D eigenvalue weighted by atomic mass is 35.5. The first kappa shape index (κ1) is 18.0. The number of carbonyl (C=O) groups excluding carboxylic acids is 1. The number of carbonyl (C=O) groups is 1. The van der Waals surface area contributed by atoms with Crippen LogP contribution in [0, 0.1) is 0 Å². The molecule has 0 fully saturated rings. The Hall–Kier alpha value is -2.37. The smallest absolute Gasteiger partial charge is 0.262 e. The molecule has 0 spiro atoms. The van der Waals surface area contributed by atoms with Crippen LogP contribution < -0.4 is 21.5 Å². The molecule has 0 saturated heterocycles. The van der Waals surface area contributed by atoms with Crippen molar-refractivity contribution in [1.82, 2.24) is 4.98 Å². The summed E-state index contributed by atoms with van der Waals surface area (Å²) < 4.78 is 26.8. The van der Waals surface area contributed by atoms with E-state index in [1.807, 2.05) is 0 Å². The number of aliphatic imine (C=N–C) groups is 1. The average Bonchev–Trinajstić information content (AvgIpc) is 2.99. The van der Waals surface area contributed by atoms with Crippen molar-refractivity contribution in [1.29, 1.82) is 0 Å². The number of nitrogens with two attached hydrogens (primary N) is 2. The molecule has 0 bridgehead atoms. The first-order chi connectivity index (χ1) is 11.3. The minimum absolute atomic E-state index is 0.0527. The molecule has 1 aromatic heterocycles. The zero-order valence-electron chi connectivity index (χ0n) is 12.1. The van der Waals surface area contributed by atoms with Gasteiger partial charge in [-0.2, -0.15) is 0 Å². The van der Waals surface area contributed by atoms with Gasteiger partial charge in [0.05, 0.1) is 27.3 Å². The largest absolute Gasteiger partial charge is 0.370 e. The van der Waals surface area contributed by atoms with Crippen molar-refractivity contribution in [3.05, 3.63) is 34.9 Å². The lowest BCUT2D eigenvalue weighted by Gasteiger charge is -2.09. The lowest BCUT2D eigenvalue weighted by atomic mass is 10.3. The predicted octanol–water partition coefficient (Wildman–Crippen LogP) is 0.809. The third-order valence-electron chi connectivity index (χ3n) is 2.60. The molecule has 0 aliphatic heterocycles. The SMILES string of the molecule is NC(N)=NCC(=O)Nc1ccc(S(=O)(=O)Nc2cncs2)cc1Cl. The molecule has 0 aliphatic carbocycles. The highest BCUT2D eigenvalue weighted by Crippen LogP contribution is 2.27. The van der Waals surface area contributed by atoms with Crippen molar-refractivity contribution >= 4 is 55.5 Å². The van der Waals surface area contributed by atoms with Gasteiger partial charge in [-0.3, -0.25) is 14.5 Å². The first-order valence-corrected chi connectivity index (χ1v) is 9.08. The standard InChI is InChI=1S/C12H13ClN6O3S2/c13-8-3-7(24(21,22)19-11-5-16-6-23-11)1-2-9(8)18-10(20)4-17-12(14)15/h1-3,5-6,19H,4H2,(H,18,20)(H4,14,15,17). The molecular weight excluding hydrogens is 376 g/mol. The van der Waals surface area contributed by atoms with Gasteiger partial charge in [-0.15, -0.1) is 11.3 Å². The second-order valence-electron chi connectivity index (χ2n) is 4.40. The lowest BCUT2D eigenvalue weighted by molar-refractivity contribution is -0.114. The average molecular weight is 389 g/mol. The molecule has 1 heterocycles. The topological polar surface area (TPSA) is 153 Å². The molecule has 12 heteroatoms. The lowest BCUT2D eigenvalue weighted by Crippen LogP contribution is -2.25. The van der Waals surface area contributed by atoms with Crippen LogP contribution in [0.2, 0.25) is 5.02 Å². The van der Waals surface area contributed by atoms with Gasteiger partial charge < -0.3 is 16.8 Å². The third-order valence-corrected chi connectivity index (χ3v) is 5.09. The van der Waals surface area contributed by atoms with Gasteiger partial charge in [0, 0.05) is 0 Å². The van der Waals surface area contributed by atoms with Crippen LogP contribution in [-0.4, -0.2) is 31.8 Å². The number of halogens is 1. The van der Waals surface area contributed by atoms with Gasteiger partial charge in [0.25, 0.3) is 10.0 Å². The number of amides is 1. The van der Waals surface area contributed by atoms with Gasteiger partial charge in [-0.1, -0.05) is 11.6 Å². The summed E-state index contributed by atoms with van der Waals surface area (Å²) in [6.07, 6.45) is 1.39. The number of nitrogens with zero attached hydrogens (tertiary/aromatic N) is 2. The van der Waals surface area contributed by atoms with E-state index in [2.05, 4.69) is 20.0 Å². The molecule has 128 valence electrons. The number of nitrogens with one attached hydrogen (secondary N) is 2. The maximum absolute atomic E-state index is 12.2. The van der Waals surface area contributed by atoms with Gasteiger partial charge in [0.1, 0.15) is 11.5 Å². The van der Waals surface area contributed by atoms with E-state index >= 15 is 0 Å². The van der Waals surface area contributed by atoms with Crippen molar-refractivity contribution in [2.45, 2.75) is 4.90 Å². The van der Waals surface area contributed by atoms with Crippen molar-refractivity contribution < 1.29 is 13.2 Å². The van der Waals surface area contributed by atoms with Gasteiger partial charge in [0.2, 0.25) is 5.91 Å². The summed E-state index contributed by atoms with van der Waals surface area (Å²) >= 11 is 7.17. The maximum atomic E-state index is 12.2. The molecule has 0 radical (unpaired) electrons. The highest BCUT2D eigenvalue weighted by Gasteiger charge is 2.17. The summed E-state index contributed by atoms with van der Waals surface area (Å²) in [6.45, 7) is -0.272. The van der Waals surface area contributed by atoms with Crippen LogP contribution in [0.4, 0.5) is 10.7 Å². The van der Waals surface area contributed by atoms with Crippen molar-refractivity contribution in [3.8, 4) is 0 Å². The second-order valence-corrected chi connectivity index (χ2v) is 7.38. The monoisotopic (exact) mass is 388 g/mol. The van der Waals surface area contributed by atoms with Crippen LogP contribution in [0.1, 0.15) is 0 Å². The Morgan fingerprint density at radius 1 is 1.38 bits per heavy atom. The van der Waals surface area contributed by atoms with Crippen LogP contribution in [-0.2, 0) is 14.8 Å². The van der Waals surface area contributed by atoms with Crippen LogP contribution >= 0.6 is 22.9 Å². The molecule has 1 aromatic carbocycles. The molecule has 9 nitrogen and oxygen atoms in total. The molecule has 2 aromatic rings. The van der Waals surface area contributed by atoms with E-state index in [9.17, 15) is 13.2 Å². The van der Waals surface area contributed by atoms with Gasteiger partial charge in [0.15, 0.2) is 5.96 Å². The van der Waals surface area contributed by atoms with Gasteiger partial charge >= 0.3 is 0 Å². The van der Waals surface area contributed by atoms with E-state index < -0.39 is 15.9 Å². The van der Waals surface area contributed by atoms with E-state index in [0.29, 0.717) is 5.00 Å². The number of rotatable bonds is 6. The Bertz CT molecular complexity index is 863. The highest BCUT2D eigenvalue weighted by molar-refractivity contribution is 7.93. The van der Waals surface area contributed by atoms with E-state index in [1.165, 1.54) is 29.9 Å². The third kappa shape index (κ3) is 4.81. The Kier molecular flexibility index (Phi) is 5.59. The summed E-state index contributed by atoms with van der Waals surface area (Å²) in [4.78, 5) is 18.9. The van der Waals surface area contributed by atoms with E-state index in [-0.39, 0.29) is 28.1 Å². The summed E-state index contributed by atoms with van der Waals surface area (Å²) in [5, 5.41) is 2.91. The van der Waals surface area contributed by atoms with Crippen LogP contribution in [0.3, 0.4) is 0 Å². The normalized spacial score (nSPS) is 10.9. The minimum Gasteiger partial charge on any atom is -0.370 e. The Balaban J connectivity index is 2.14. The van der Waals surface area contributed by atoms with Gasteiger partial charge in [-0.05, 0) is 18.2 Å². The van der Waals surface area contributed by atoms with E-state index in [0.717, 1.165) is 11.3 Å². The summed E-state index contributed by atoms with van der Waals surface area (Å²) in [6, 6.07) is 3.91. The Morgan fingerprint density at radius 2 is 2.12 bits per heavy atom. The molecule has 6 N–H and O–H groups in total. The number of benzene rings is 1. The summed E-state index contributed by atoms with van der Waals surface area (Å²) in [5.74, 6) is -0.712. The fraction of sp³-hybridized carbons (Fsp3) is 0.0833. The predicted molar refractivity (Wildman–Crippen MR) is 93.7 cm³/mol. The van der Waals surface area contributed by atoms with Gasteiger partial charge in [-0.25, -0.2) is 13.4 Å². The molecule has 1 amide bonds. The summed E-state index contributed by atoms with van der Waals surface area (Å²) in [7, 11) is -3.80. The zero-order chi connectivity index (χ0) is 17.7. The quantitative estimate of drug-likeness (QED) is 0.424. The fourth-order valence-electron chi connectivity index (χ4n) is 1.57. The van der Waals surface area contributed by atoms with E-state index in [1.54, 1.807) is 0 Å². The Labute approximate surface area is 146 Å². The van der Waals surface area contributed by atoms with E-state index in [4.69, 9.17) is 23.1 Å². The number of hydrogen-bond acceptors (Lipinski definition) is 6. The zero-order valence-corrected chi connectivity index (χ0v) is 14.5. The molecular formula is C12H13ClN6O3S2. The number of thiazole rings is 1. The molecule has 0 saturated carbocycles. The fourth-order valence-corrected chi connectivity index (χ4v) is 3.70. The van der Waals surface area contributed by atoms with Crippen LogP contribution in [0.25, 0.3) is 0 Å². The number of anilines is 2. The molecule has 0 atom stereocenters. The molecule has 0 aliphatic rings. The van der Waals surface area contributed by atoms with Crippen LogP contribution in [0.5, 0.6) is 0 Å². The number of hydrogen-bond donors (Lipinski definition) is 4. The number of guanidine groups is 1. The second kappa shape index (κ2) is 7.47. The van der Waals surface area contributed by atoms with Crippen molar-refractivity contribution in [3.63, 3.8) is 0 Å². The van der Waals surface area contributed by atoms with Crippen molar-refractivity contribution in [2.24, 2.45) is 16.5 Å².